The van der Waals surface area contributed by atoms with Gasteiger partial charge in [0.15, 0.2) is 0 Å². The molecule has 8 nitrogen and oxygen atoms in total. The lowest BCUT2D eigenvalue weighted by molar-refractivity contribution is -0.870. The van der Waals surface area contributed by atoms with Gasteiger partial charge in [-0.05, 0) is 89.9 Å². The first-order valence-corrected chi connectivity index (χ1v) is 29.9. The largest absolute Gasteiger partial charge is 0.472 e. The molecule has 0 radical (unpaired) electrons. The van der Waals surface area contributed by atoms with Gasteiger partial charge in [-0.25, -0.2) is 4.57 Å². The lowest BCUT2D eigenvalue weighted by atomic mass is 10.0. The zero-order chi connectivity index (χ0) is 52.0. The Morgan fingerprint density at radius 2 is 0.845 bits per heavy atom. The Bertz CT molecular complexity index is 1560. The minimum absolute atomic E-state index is 0.0509. The van der Waals surface area contributed by atoms with Gasteiger partial charge in [0.25, 0.3) is 0 Å². The summed E-state index contributed by atoms with van der Waals surface area (Å²) in [6.07, 6.45) is 77.2. The van der Waals surface area contributed by atoms with Gasteiger partial charge in [0.05, 0.1) is 39.9 Å². The summed E-state index contributed by atoms with van der Waals surface area (Å²) in [5, 5.41) is 13.9. The van der Waals surface area contributed by atoms with Gasteiger partial charge < -0.3 is 19.8 Å². The summed E-state index contributed by atoms with van der Waals surface area (Å²) in [6.45, 7) is 4.67. The number of allylic oxidation sites excluding steroid dienone is 19. The van der Waals surface area contributed by atoms with Gasteiger partial charge >= 0.3 is 7.82 Å². The fourth-order valence-corrected chi connectivity index (χ4v) is 8.24. The molecule has 0 rings (SSSR count). The Morgan fingerprint density at radius 1 is 0.493 bits per heavy atom. The number of rotatable bonds is 50. The third-order valence-electron chi connectivity index (χ3n) is 11.9. The number of carbonyl (C=O) groups excluding carboxylic acids is 1. The number of hydrogen-bond acceptors (Lipinski definition) is 5. The number of phosphoric acid groups is 1. The van der Waals surface area contributed by atoms with Gasteiger partial charge in [-0.1, -0.05) is 238 Å². The van der Waals surface area contributed by atoms with Crippen LogP contribution in [0.2, 0.25) is 0 Å². The van der Waals surface area contributed by atoms with Crippen molar-refractivity contribution in [1.29, 1.82) is 0 Å². The van der Waals surface area contributed by atoms with Crippen molar-refractivity contribution in [2.24, 2.45) is 0 Å². The number of aliphatic hydroxyl groups excluding tert-OH is 1. The van der Waals surface area contributed by atoms with E-state index in [0.29, 0.717) is 17.4 Å². The molecule has 0 aromatic carbocycles. The molecule has 71 heavy (non-hydrogen) atoms. The van der Waals surface area contributed by atoms with E-state index in [4.69, 9.17) is 9.05 Å². The number of unbranched alkanes of at least 4 members (excludes halogenated alkanes) is 19. The van der Waals surface area contributed by atoms with Crippen LogP contribution in [0, 0.1) is 0 Å². The molecule has 0 spiro atoms. The van der Waals surface area contributed by atoms with Crippen molar-refractivity contribution in [3.05, 3.63) is 122 Å². The molecule has 0 aromatic rings. The van der Waals surface area contributed by atoms with Crippen LogP contribution < -0.4 is 5.32 Å². The summed E-state index contributed by atoms with van der Waals surface area (Å²) in [7, 11) is 1.54. The van der Waals surface area contributed by atoms with Crippen molar-refractivity contribution in [3.8, 4) is 0 Å². The quantitative estimate of drug-likeness (QED) is 0.0243. The average molecular weight is 1010 g/mol. The van der Waals surface area contributed by atoms with Crippen LogP contribution in [0.4, 0.5) is 0 Å². The van der Waals surface area contributed by atoms with Crippen molar-refractivity contribution in [2.45, 2.75) is 225 Å². The summed E-state index contributed by atoms with van der Waals surface area (Å²) in [5.74, 6) is -0.201. The highest BCUT2D eigenvalue weighted by atomic mass is 31.2. The van der Waals surface area contributed by atoms with Crippen LogP contribution in [0.3, 0.4) is 0 Å². The van der Waals surface area contributed by atoms with Crippen LogP contribution in [0.15, 0.2) is 122 Å². The van der Waals surface area contributed by atoms with E-state index < -0.39 is 20.0 Å². The lowest BCUT2D eigenvalue weighted by Gasteiger charge is -2.25. The third-order valence-corrected chi connectivity index (χ3v) is 12.9. The molecule has 9 heteroatoms. The van der Waals surface area contributed by atoms with Gasteiger partial charge in [-0.2, -0.15) is 0 Å². The van der Waals surface area contributed by atoms with Crippen LogP contribution in [-0.4, -0.2) is 73.4 Å². The second kappa shape index (κ2) is 51.8. The van der Waals surface area contributed by atoms with E-state index in [1.807, 2.05) is 27.2 Å². The number of hydrogen-bond donors (Lipinski definition) is 3. The number of nitrogens with one attached hydrogen (secondary N) is 1. The summed E-state index contributed by atoms with van der Waals surface area (Å²) in [5.41, 5.74) is 0. The maximum Gasteiger partial charge on any atom is 0.472 e. The second-order valence-corrected chi connectivity index (χ2v) is 21.4. The SMILES string of the molecule is CC/C=C\C/C=C\C/C=C\C/C=C\C/C=C\C/C=C\C/C=C\C/C=C\C/C=C\CCCCCCCC(=O)NC(COP(=O)(O)OCC[N+](C)(C)C)C(O)/C=C/CCCCCCCCCCCCCCCC. The van der Waals surface area contributed by atoms with Crippen LogP contribution in [0.5, 0.6) is 0 Å². The molecular formula is C62H108N2O6P+. The number of likely N-dealkylation sites (N-methyl/N-ethyl adjacent to an activating group) is 1. The Labute approximate surface area is 437 Å². The molecule has 3 unspecified atom stereocenters. The van der Waals surface area contributed by atoms with Gasteiger partial charge in [-0.15, -0.1) is 0 Å². The van der Waals surface area contributed by atoms with Crippen LogP contribution in [0.1, 0.15) is 213 Å². The van der Waals surface area contributed by atoms with E-state index in [2.05, 4.69) is 129 Å². The number of nitrogens with zero attached hydrogens (tertiary/aromatic N) is 1. The molecule has 0 aliphatic rings. The highest BCUT2D eigenvalue weighted by molar-refractivity contribution is 7.47. The maximum absolute atomic E-state index is 13.0. The van der Waals surface area contributed by atoms with Gasteiger partial charge in [-0.3, -0.25) is 13.8 Å². The lowest BCUT2D eigenvalue weighted by Crippen LogP contribution is -2.45. The molecular weight excluding hydrogens is 900 g/mol. The van der Waals surface area contributed by atoms with Crippen molar-refractivity contribution < 1.29 is 32.9 Å². The summed E-state index contributed by atoms with van der Waals surface area (Å²) < 4.78 is 23.7. The molecule has 0 saturated carbocycles. The Balaban J connectivity index is 4.28. The average Bonchev–Trinajstić information content (AvgIpc) is 3.33. The summed E-state index contributed by atoms with van der Waals surface area (Å²) in [4.78, 5) is 23.3. The first kappa shape index (κ1) is 67.9. The Hall–Kier alpha value is -3.10. The van der Waals surface area contributed by atoms with E-state index in [9.17, 15) is 19.4 Å². The van der Waals surface area contributed by atoms with Gasteiger partial charge in [0.1, 0.15) is 13.2 Å². The minimum Gasteiger partial charge on any atom is -0.387 e. The molecule has 0 bridgehead atoms. The zero-order valence-corrected chi connectivity index (χ0v) is 47.1. The topological polar surface area (TPSA) is 105 Å². The standard InChI is InChI=1S/C62H107N2O6P/c1-6-8-10-12-14-16-18-20-22-24-25-26-27-28-29-30-31-32-33-34-35-36-37-38-39-40-42-44-46-48-50-52-54-56-62(66)63-60(59-70-71(67,68)69-58-57-64(3,4)5)61(65)55-53-51-49-47-45-43-41-23-21-19-17-15-13-11-9-7-2/h8,10,14,16,20,22,25-26,28-29,31-32,34-35,37-38,40,42,53,55,60-61,65H,6-7,9,11-13,15,17-19,21,23-24,27,30,33,36,39,41,43-52,54,56-59H2,1-5H3,(H-,63,66,67,68)/p+1/b10-8-,16-14-,22-20-,26-25-,29-28-,32-31-,35-34-,38-37-,42-40-,55-53+. The summed E-state index contributed by atoms with van der Waals surface area (Å²) in [6, 6.07) is -0.866. The number of carbonyl (C=O) groups is 1. The predicted molar refractivity (Wildman–Crippen MR) is 308 cm³/mol. The Morgan fingerprint density at radius 3 is 1.24 bits per heavy atom. The van der Waals surface area contributed by atoms with Crippen LogP contribution in [0.25, 0.3) is 0 Å². The highest BCUT2D eigenvalue weighted by Crippen LogP contribution is 2.43. The van der Waals surface area contributed by atoms with Crippen molar-refractivity contribution in [3.63, 3.8) is 0 Å². The number of quaternary nitrogens is 1. The van der Waals surface area contributed by atoms with Crippen LogP contribution in [-0.2, 0) is 18.4 Å². The molecule has 0 fully saturated rings. The van der Waals surface area contributed by atoms with E-state index in [1.54, 1.807) is 6.08 Å². The molecule has 406 valence electrons. The fourth-order valence-electron chi connectivity index (χ4n) is 7.50. The van der Waals surface area contributed by atoms with E-state index in [-0.39, 0.29) is 19.1 Å². The second-order valence-electron chi connectivity index (χ2n) is 19.9. The molecule has 0 saturated heterocycles. The van der Waals surface area contributed by atoms with E-state index in [1.165, 1.54) is 77.0 Å². The van der Waals surface area contributed by atoms with E-state index in [0.717, 1.165) is 116 Å². The molecule has 3 N–H and O–H groups in total. The molecule has 1 amide bonds. The van der Waals surface area contributed by atoms with Crippen molar-refractivity contribution >= 4 is 13.7 Å². The zero-order valence-electron chi connectivity index (χ0n) is 46.2. The highest BCUT2D eigenvalue weighted by Gasteiger charge is 2.27. The van der Waals surface area contributed by atoms with E-state index >= 15 is 0 Å². The van der Waals surface area contributed by atoms with Crippen molar-refractivity contribution in [1.82, 2.24) is 5.32 Å². The molecule has 0 aliphatic heterocycles. The van der Waals surface area contributed by atoms with Gasteiger partial charge in [0, 0.05) is 6.42 Å². The molecule has 3 atom stereocenters. The molecule has 0 heterocycles. The Kier molecular flexibility index (Phi) is 49.5. The number of phosphoric ester groups is 1. The monoisotopic (exact) mass is 1010 g/mol. The maximum atomic E-state index is 13.0. The third kappa shape index (κ3) is 54.5. The number of aliphatic hydroxyl groups is 1. The first-order chi connectivity index (χ1) is 34.5. The fraction of sp³-hybridized carbons (Fsp3) is 0.661. The molecule has 0 aromatic heterocycles. The van der Waals surface area contributed by atoms with Crippen LogP contribution >= 0.6 is 7.82 Å². The minimum atomic E-state index is -4.36. The normalized spacial score (nSPS) is 14.9. The molecule has 0 aliphatic carbocycles. The first-order valence-electron chi connectivity index (χ1n) is 28.4. The smallest absolute Gasteiger partial charge is 0.387 e. The summed E-state index contributed by atoms with van der Waals surface area (Å²) >= 11 is 0. The van der Waals surface area contributed by atoms with Crippen molar-refractivity contribution in [2.75, 3.05) is 40.9 Å². The predicted octanol–water partition coefficient (Wildman–Crippen LogP) is 17.4. The van der Waals surface area contributed by atoms with Gasteiger partial charge in [0.2, 0.25) is 5.91 Å². The number of amides is 1.